The minimum atomic E-state index is -0.299. The van der Waals surface area contributed by atoms with E-state index >= 15 is 0 Å². The molecule has 5 heteroatoms. The van der Waals surface area contributed by atoms with Crippen molar-refractivity contribution in [3.8, 4) is 0 Å². The van der Waals surface area contributed by atoms with Crippen LogP contribution in [0.1, 0.15) is 6.42 Å². The lowest BCUT2D eigenvalue weighted by Crippen LogP contribution is -2.29. The third-order valence-electron chi connectivity index (χ3n) is 1.70. The molecule has 0 amide bonds. The van der Waals surface area contributed by atoms with Gasteiger partial charge >= 0.3 is 0 Å². The van der Waals surface area contributed by atoms with Crippen LogP contribution in [0.3, 0.4) is 0 Å². The van der Waals surface area contributed by atoms with Crippen LogP contribution in [0.5, 0.6) is 0 Å². The largest absolute Gasteiger partial charge is 0.353 e. The second kappa shape index (κ2) is 5.80. The van der Waals surface area contributed by atoms with E-state index in [1.165, 1.54) is 0 Å². The summed E-state index contributed by atoms with van der Waals surface area (Å²) in [6.45, 7) is 0.247. The summed E-state index contributed by atoms with van der Waals surface area (Å²) >= 11 is 0. The van der Waals surface area contributed by atoms with Crippen molar-refractivity contribution in [3.05, 3.63) is 17.1 Å². The van der Waals surface area contributed by atoms with Gasteiger partial charge in [-0.15, -0.1) is 4.91 Å². The van der Waals surface area contributed by atoms with Crippen molar-refractivity contribution in [2.45, 2.75) is 18.8 Å². The average molecular weight is 187 g/mol. The van der Waals surface area contributed by atoms with Crippen molar-refractivity contribution in [2.24, 2.45) is 5.18 Å². The summed E-state index contributed by atoms with van der Waals surface area (Å²) in [5, 5.41) is 2.58. The van der Waals surface area contributed by atoms with Gasteiger partial charge < -0.3 is 14.2 Å². The van der Waals surface area contributed by atoms with Gasteiger partial charge in [0.1, 0.15) is 0 Å². The standard InChI is InChI=1S/C8H13NO4/c1-11-8-4-2-3-7(13-8)5-12-6-9-10/h2,4,7-8H,3,5-6H2,1H3/t7-,8?/m0/s1. The summed E-state index contributed by atoms with van der Waals surface area (Å²) in [6.07, 6.45) is 4.25. The van der Waals surface area contributed by atoms with Gasteiger partial charge in [0.2, 0.25) is 0 Å². The van der Waals surface area contributed by atoms with Gasteiger partial charge in [-0.2, -0.15) is 0 Å². The summed E-state index contributed by atoms with van der Waals surface area (Å²) in [7, 11) is 1.57. The quantitative estimate of drug-likeness (QED) is 0.366. The lowest BCUT2D eigenvalue weighted by molar-refractivity contribution is -0.147. The highest BCUT2D eigenvalue weighted by atomic mass is 16.7. The van der Waals surface area contributed by atoms with Crippen molar-refractivity contribution < 1.29 is 14.2 Å². The monoisotopic (exact) mass is 187 g/mol. The van der Waals surface area contributed by atoms with Crippen molar-refractivity contribution in [1.82, 2.24) is 0 Å². The van der Waals surface area contributed by atoms with E-state index in [0.29, 0.717) is 6.61 Å². The van der Waals surface area contributed by atoms with Gasteiger partial charge in [0, 0.05) is 7.11 Å². The Kier molecular flexibility index (Phi) is 4.59. The van der Waals surface area contributed by atoms with Crippen LogP contribution in [0.4, 0.5) is 0 Å². The van der Waals surface area contributed by atoms with E-state index in [-0.39, 0.29) is 19.1 Å². The molecule has 0 saturated carbocycles. The van der Waals surface area contributed by atoms with Crippen LogP contribution in [-0.4, -0.2) is 32.8 Å². The molecule has 0 spiro atoms. The van der Waals surface area contributed by atoms with Gasteiger partial charge in [-0.1, -0.05) is 6.08 Å². The summed E-state index contributed by atoms with van der Waals surface area (Å²) in [5.74, 6) is 0. The molecule has 0 fully saturated rings. The van der Waals surface area contributed by atoms with Gasteiger partial charge in [-0.25, -0.2) is 0 Å². The number of nitrogens with zero attached hydrogens (tertiary/aromatic N) is 1. The molecule has 2 atom stereocenters. The van der Waals surface area contributed by atoms with Crippen molar-refractivity contribution >= 4 is 0 Å². The molecule has 0 aliphatic carbocycles. The first-order valence-electron chi connectivity index (χ1n) is 4.08. The van der Waals surface area contributed by atoms with Crippen LogP contribution in [-0.2, 0) is 14.2 Å². The molecule has 0 aromatic carbocycles. The van der Waals surface area contributed by atoms with E-state index in [2.05, 4.69) is 5.18 Å². The summed E-state index contributed by atoms with van der Waals surface area (Å²) in [5.41, 5.74) is 0. The normalized spacial score (nSPS) is 27.5. The Morgan fingerprint density at radius 2 is 2.54 bits per heavy atom. The second-order valence-electron chi connectivity index (χ2n) is 2.66. The van der Waals surface area contributed by atoms with Crippen LogP contribution < -0.4 is 0 Å². The van der Waals surface area contributed by atoms with E-state index in [1.54, 1.807) is 7.11 Å². The maximum Gasteiger partial charge on any atom is 0.179 e. The molecule has 0 N–H and O–H groups in total. The first-order valence-corrected chi connectivity index (χ1v) is 4.08. The lowest BCUT2D eigenvalue weighted by Gasteiger charge is -2.24. The maximum absolute atomic E-state index is 9.71. The van der Waals surface area contributed by atoms with Gasteiger partial charge in [0.15, 0.2) is 13.0 Å². The van der Waals surface area contributed by atoms with Crippen LogP contribution in [0.25, 0.3) is 0 Å². The Bertz CT molecular complexity index is 183. The molecule has 1 unspecified atom stereocenters. The summed E-state index contributed by atoms with van der Waals surface area (Å²) < 4.78 is 15.3. The first-order chi connectivity index (χ1) is 6.36. The molecule has 1 rings (SSSR count). The van der Waals surface area contributed by atoms with Gasteiger partial charge in [0.05, 0.1) is 12.7 Å². The topological polar surface area (TPSA) is 57.1 Å². The molecule has 1 heterocycles. The number of hydrogen-bond acceptors (Lipinski definition) is 5. The summed E-state index contributed by atoms with van der Waals surface area (Å²) in [6, 6.07) is 0. The third-order valence-corrected chi connectivity index (χ3v) is 1.70. The van der Waals surface area contributed by atoms with Crippen LogP contribution >= 0.6 is 0 Å². The van der Waals surface area contributed by atoms with Crippen molar-refractivity contribution in [2.75, 3.05) is 20.4 Å². The molecule has 0 bridgehead atoms. The average Bonchev–Trinajstić information content (AvgIpc) is 2.19. The molecule has 0 radical (unpaired) electrons. The van der Waals surface area contributed by atoms with Crippen molar-refractivity contribution in [3.63, 3.8) is 0 Å². The van der Waals surface area contributed by atoms with E-state index in [4.69, 9.17) is 14.2 Å². The Morgan fingerprint density at radius 1 is 1.69 bits per heavy atom. The maximum atomic E-state index is 9.71. The van der Waals surface area contributed by atoms with E-state index in [0.717, 1.165) is 6.42 Å². The molecule has 1 aliphatic heterocycles. The van der Waals surface area contributed by atoms with Crippen LogP contribution in [0.2, 0.25) is 0 Å². The van der Waals surface area contributed by atoms with Gasteiger partial charge in [-0.3, -0.25) is 0 Å². The molecule has 5 nitrogen and oxygen atoms in total. The van der Waals surface area contributed by atoms with Gasteiger partial charge in [0.25, 0.3) is 0 Å². The fourth-order valence-corrected chi connectivity index (χ4v) is 1.09. The first kappa shape index (κ1) is 10.3. The van der Waals surface area contributed by atoms with E-state index < -0.39 is 0 Å². The Balaban J connectivity index is 2.20. The van der Waals surface area contributed by atoms with Crippen LogP contribution in [0, 0.1) is 4.91 Å². The molecule has 74 valence electrons. The van der Waals surface area contributed by atoms with Gasteiger partial charge in [-0.05, 0) is 17.7 Å². The Morgan fingerprint density at radius 3 is 3.23 bits per heavy atom. The van der Waals surface area contributed by atoms with E-state index in [9.17, 15) is 4.91 Å². The third kappa shape index (κ3) is 3.63. The van der Waals surface area contributed by atoms with E-state index in [1.807, 2.05) is 12.2 Å². The minimum Gasteiger partial charge on any atom is -0.353 e. The fraction of sp³-hybridized carbons (Fsp3) is 0.750. The lowest BCUT2D eigenvalue weighted by atomic mass is 10.2. The number of methoxy groups -OCH3 is 1. The number of ether oxygens (including phenoxy) is 3. The zero-order valence-corrected chi connectivity index (χ0v) is 7.51. The molecule has 0 aromatic rings. The predicted molar refractivity (Wildman–Crippen MR) is 46.0 cm³/mol. The van der Waals surface area contributed by atoms with Crippen LogP contribution in [0.15, 0.2) is 17.3 Å². The zero-order valence-electron chi connectivity index (χ0n) is 7.51. The zero-order chi connectivity index (χ0) is 9.52. The molecular weight excluding hydrogens is 174 g/mol. The highest BCUT2D eigenvalue weighted by Crippen LogP contribution is 2.12. The predicted octanol–water partition coefficient (Wildman–Crippen LogP) is 1.04. The smallest absolute Gasteiger partial charge is 0.179 e. The minimum absolute atomic E-state index is 0.0447. The second-order valence-corrected chi connectivity index (χ2v) is 2.66. The molecule has 13 heavy (non-hydrogen) atoms. The summed E-state index contributed by atoms with van der Waals surface area (Å²) in [4.78, 5) is 9.71. The molecule has 0 aromatic heterocycles. The van der Waals surface area contributed by atoms with Crippen molar-refractivity contribution in [1.29, 1.82) is 0 Å². The Labute approximate surface area is 76.6 Å². The molecular formula is C8H13NO4. The SMILES string of the molecule is COC1C=CC[C@@H](COCN=O)O1. The number of hydrogen-bond donors (Lipinski definition) is 0. The molecule has 1 aliphatic rings. The highest BCUT2D eigenvalue weighted by molar-refractivity contribution is 4.92. The number of rotatable bonds is 5. The Hall–Kier alpha value is -0.780. The number of nitroso groups, excluding NO2 is 1. The highest BCUT2D eigenvalue weighted by Gasteiger charge is 2.17. The molecule has 0 saturated heterocycles. The fourth-order valence-electron chi connectivity index (χ4n) is 1.09.